The van der Waals surface area contributed by atoms with Gasteiger partial charge >= 0.3 is 0 Å². The van der Waals surface area contributed by atoms with Crippen LogP contribution in [-0.4, -0.2) is 10.9 Å². The minimum Gasteiger partial charge on any atom is -0.384 e. The number of carbonyl (C=O) groups excluding carboxylic acids is 1. The first-order chi connectivity index (χ1) is 9.69. The molecule has 5 rings (SSSR count). The van der Waals surface area contributed by atoms with Crippen LogP contribution < -0.4 is 11.1 Å². The fraction of sp³-hybridized carbons (Fsp3) is 0.625. The van der Waals surface area contributed by atoms with E-state index in [2.05, 4.69) is 10.3 Å². The Morgan fingerprint density at radius 3 is 2.30 bits per heavy atom. The molecule has 0 unspecified atom stereocenters. The standard InChI is InChI=1S/C16H21N3O/c17-14-2-1-13(8-18-14)19-16(20)15-11-4-9-3-10(6-11)7-12(15)5-9/h1-2,8-12,15H,3-7H2,(H2,17,18)(H,19,20). The van der Waals surface area contributed by atoms with Gasteiger partial charge < -0.3 is 11.1 Å². The maximum absolute atomic E-state index is 12.6. The molecule has 4 heteroatoms. The van der Waals surface area contributed by atoms with Crippen molar-refractivity contribution < 1.29 is 4.79 Å². The molecular weight excluding hydrogens is 250 g/mol. The molecule has 0 radical (unpaired) electrons. The van der Waals surface area contributed by atoms with Gasteiger partial charge in [-0.2, -0.15) is 0 Å². The van der Waals surface area contributed by atoms with Gasteiger partial charge in [-0.1, -0.05) is 0 Å². The summed E-state index contributed by atoms with van der Waals surface area (Å²) in [4.78, 5) is 16.6. The average Bonchev–Trinajstić information content (AvgIpc) is 2.40. The van der Waals surface area contributed by atoms with Crippen LogP contribution in [0, 0.1) is 29.6 Å². The Morgan fingerprint density at radius 2 is 1.75 bits per heavy atom. The second kappa shape index (κ2) is 4.47. The van der Waals surface area contributed by atoms with Gasteiger partial charge in [-0.3, -0.25) is 4.79 Å². The van der Waals surface area contributed by atoms with E-state index in [-0.39, 0.29) is 11.8 Å². The normalized spacial score (nSPS) is 37.9. The molecule has 4 nitrogen and oxygen atoms in total. The molecule has 4 fully saturated rings. The Hall–Kier alpha value is -1.58. The number of rotatable bonds is 2. The van der Waals surface area contributed by atoms with E-state index in [1.54, 1.807) is 12.3 Å². The fourth-order valence-electron chi connectivity index (χ4n) is 5.06. The minimum atomic E-state index is 0.199. The number of nitrogens with two attached hydrogens (primary N) is 1. The number of amides is 1. The second-order valence-electron chi connectivity index (χ2n) is 6.92. The van der Waals surface area contributed by atoms with Crippen LogP contribution in [0.2, 0.25) is 0 Å². The fourth-order valence-corrected chi connectivity index (χ4v) is 5.06. The molecule has 4 aliphatic rings. The summed E-state index contributed by atoms with van der Waals surface area (Å²) in [5, 5.41) is 3.04. The molecule has 0 saturated heterocycles. The van der Waals surface area contributed by atoms with Crippen molar-refractivity contribution >= 4 is 17.4 Å². The molecule has 1 aromatic heterocycles. The number of pyridine rings is 1. The zero-order valence-corrected chi connectivity index (χ0v) is 11.6. The van der Waals surface area contributed by atoms with Crippen LogP contribution in [0.1, 0.15) is 32.1 Å². The molecule has 0 aromatic carbocycles. The SMILES string of the molecule is Nc1ccc(NC(=O)C2C3CC4CC(C3)CC2C4)cn1. The van der Waals surface area contributed by atoms with Crippen molar-refractivity contribution in [3.05, 3.63) is 18.3 Å². The van der Waals surface area contributed by atoms with Gasteiger partial charge in [0.2, 0.25) is 5.91 Å². The third-order valence-electron chi connectivity index (χ3n) is 5.58. The summed E-state index contributed by atoms with van der Waals surface area (Å²) in [6.07, 6.45) is 8.14. The largest absolute Gasteiger partial charge is 0.384 e. The van der Waals surface area contributed by atoms with Crippen LogP contribution in [0.4, 0.5) is 11.5 Å². The summed E-state index contributed by atoms with van der Waals surface area (Å²) >= 11 is 0. The third-order valence-corrected chi connectivity index (χ3v) is 5.58. The van der Waals surface area contributed by atoms with E-state index in [0.29, 0.717) is 17.7 Å². The van der Waals surface area contributed by atoms with Crippen LogP contribution in [0.25, 0.3) is 0 Å². The molecule has 106 valence electrons. The molecule has 0 atom stereocenters. The first kappa shape index (κ1) is 12.2. The molecule has 0 spiro atoms. The molecule has 3 N–H and O–H groups in total. The molecule has 1 heterocycles. The highest BCUT2D eigenvalue weighted by Crippen LogP contribution is 2.56. The highest BCUT2D eigenvalue weighted by molar-refractivity contribution is 5.93. The molecule has 4 aliphatic carbocycles. The van der Waals surface area contributed by atoms with Crippen molar-refractivity contribution in [3.63, 3.8) is 0 Å². The maximum atomic E-state index is 12.6. The Morgan fingerprint density at radius 1 is 1.10 bits per heavy atom. The number of nitrogen functional groups attached to an aromatic ring is 1. The van der Waals surface area contributed by atoms with E-state index in [4.69, 9.17) is 5.73 Å². The predicted octanol–water partition coefficient (Wildman–Crippen LogP) is 2.67. The smallest absolute Gasteiger partial charge is 0.228 e. The van der Waals surface area contributed by atoms with Gasteiger partial charge in [0.05, 0.1) is 11.9 Å². The summed E-state index contributed by atoms with van der Waals surface area (Å²) in [6.45, 7) is 0. The number of anilines is 2. The van der Waals surface area contributed by atoms with Crippen LogP contribution in [0.5, 0.6) is 0 Å². The van der Waals surface area contributed by atoms with E-state index < -0.39 is 0 Å². The highest BCUT2D eigenvalue weighted by Gasteiger charge is 2.50. The zero-order chi connectivity index (χ0) is 13.7. The topological polar surface area (TPSA) is 68.0 Å². The molecule has 1 amide bonds. The van der Waals surface area contributed by atoms with Crippen LogP contribution >= 0.6 is 0 Å². The predicted molar refractivity (Wildman–Crippen MR) is 77.8 cm³/mol. The molecular formula is C16H21N3O. The Labute approximate surface area is 119 Å². The number of nitrogens with one attached hydrogen (secondary N) is 1. The summed E-state index contributed by atoms with van der Waals surface area (Å²) in [6, 6.07) is 3.56. The number of hydrogen-bond donors (Lipinski definition) is 2. The lowest BCUT2D eigenvalue weighted by Gasteiger charge is -2.53. The van der Waals surface area contributed by atoms with Crippen LogP contribution in [-0.2, 0) is 4.79 Å². The lowest BCUT2D eigenvalue weighted by atomic mass is 9.51. The Bertz CT molecular complexity index is 497. The number of nitrogens with zero attached hydrogens (tertiary/aromatic N) is 1. The summed E-state index contributed by atoms with van der Waals surface area (Å²) in [5.74, 6) is 3.95. The maximum Gasteiger partial charge on any atom is 0.228 e. The van der Waals surface area contributed by atoms with E-state index in [1.165, 1.54) is 32.1 Å². The van der Waals surface area contributed by atoms with Gasteiger partial charge in [-0.05, 0) is 67.9 Å². The van der Waals surface area contributed by atoms with Crippen molar-refractivity contribution in [1.29, 1.82) is 0 Å². The summed E-state index contributed by atoms with van der Waals surface area (Å²) in [7, 11) is 0. The molecule has 4 saturated carbocycles. The molecule has 1 aromatic rings. The van der Waals surface area contributed by atoms with E-state index in [0.717, 1.165) is 17.5 Å². The monoisotopic (exact) mass is 271 g/mol. The van der Waals surface area contributed by atoms with Gasteiger partial charge in [-0.25, -0.2) is 4.98 Å². The second-order valence-corrected chi connectivity index (χ2v) is 6.92. The van der Waals surface area contributed by atoms with Gasteiger partial charge in [0.1, 0.15) is 5.82 Å². The van der Waals surface area contributed by atoms with Crippen molar-refractivity contribution in [2.45, 2.75) is 32.1 Å². The van der Waals surface area contributed by atoms with Crippen molar-refractivity contribution in [1.82, 2.24) is 4.98 Å². The minimum absolute atomic E-state index is 0.199. The van der Waals surface area contributed by atoms with Crippen LogP contribution in [0.15, 0.2) is 18.3 Å². The Balaban J connectivity index is 1.50. The number of hydrogen-bond acceptors (Lipinski definition) is 3. The van der Waals surface area contributed by atoms with Gasteiger partial charge in [0.15, 0.2) is 0 Å². The summed E-state index contributed by atoms with van der Waals surface area (Å²) < 4.78 is 0. The van der Waals surface area contributed by atoms with Crippen molar-refractivity contribution in [3.8, 4) is 0 Å². The average molecular weight is 271 g/mol. The van der Waals surface area contributed by atoms with E-state index in [1.807, 2.05) is 6.07 Å². The Kier molecular flexibility index (Phi) is 2.72. The summed E-state index contributed by atoms with van der Waals surface area (Å²) in [5.41, 5.74) is 6.33. The van der Waals surface area contributed by atoms with Crippen LogP contribution in [0.3, 0.4) is 0 Å². The molecule has 4 bridgehead atoms. The quantitative estimate of drug-likeness (QED) is 0.869. The van der Waals surface area contributed by atoms with Crippen molar-refractivity contribution in [2.24, 2.45) is 29.6 Å². The zero-order valence-electron chi connectivity index (χ0n) is 11.6. The van der Waals surface area contributed by atoms with Gasteiger partial charge in [0.25, 0.3) is 0 Å². The number of aromatic nitrogens is 1. The van der Waals surface area contributed by atoms with E-state index >= 15 is 0 Å². The first-order valence-electron chi connectivity index (χ1n) is 7.71. The lowest BCUT2D eigenvalue weighted by molar-refractivity contribution is -0.132. The first-order valence-corrected chi connectivity index (χ1v) is 7.71. The van der Waals surface area contributed by atoms with E-state index in [9.17, 15) is 4.79 Å². The third kappa shape index (κ3) is 1.98. The molecule has 0 aliphatic heterocycles. The molecule has 20 heavy (non-hydrogen) atoms. The highest BCUT2D eigenvalue weighted by atomic mass is 16.1. The van der Waals surface area contributed by atoms with Gasteiger partial charge in [0, 0.05) is 5.92 Å². The van der Waals surface area contributed by atoms with Gasteiger partial charge in [-0.15, -0.1) is 0 Å². The number of carbonyl (C=O) groups is 1. The van der Waals surface area contributed by atoms with Crippen molar-refractivity contribution in [2.75, 3.05) is 11.1 Å². The lowest BCUT2D eigenvalue weighted by Crippen LogP contribution is -2.49.